The summed E-state index contributed by atoms with van der Waals surface area (Å²) in [7, 11) is -1.97. The summed E-state index contributed by atoms with van der Waals surface area (Å²) in [5.41, 5.74) is 2.40. The van der Waals surface area contributed by atoms with Gasteiger partial charge in [0, 0.05) is 19.1 Å². The van der Waals surface area contributed by atoms with E-state index in [1.807, 2.05) is 19.9 Å². The van der Waals surface area contributed by atoms with Crippen LogP contribution in [0.3, 0.4) is 0 Å². The number of hydrogen-bond acceptors (Lipinski definition) is 5. The molecule has 2 aromatic rings. The van der Waals surface area contributed by atoms with E-state index in [9.17, 15) is 0 Å². The van der Waals surface area contributed by atoms with E-state index < -0.39 is 14.1 Å². The van der Waals surface area contributed by atoms with Crippen molar-refractivity contribution in [1.29, 1.82) is 0 Å². The molecule has 1 saturated heterocycles. The first-order valence-electron chi connectivity index (χ1n) is 19.0. The van der Waals surface area contributed by atoms with Gasteiger partial charge in [0.2, 0.25) is 0 Å². The Hall–Kier alpha value is -1.80. The summed E-state index contributed by atoms with van der Waals surface area (Å²) in [5.74, 6) is -0.638. The predicted molar refractivity (Wildman–Crippen MR) is 205 cm³/mol. The number of allylic oxidation sites excluding steroid dienone is 1. The van der Waals surface area contributed by atoms with E-state index in [-0.39, 0.29) is 29.2 Å². The van der Waals surface area contributed by atoms with Gasteiger partial charge in [0.25, 0.3) is 0 Å². The third-order valence-electron chi connectivity index (χ3n) is 10.1. The molecule has 1 aliphatic rings. The highest BCUT2D eigenvalue weighted by atomic mass is 28.4. The molecule has 6 heteroatoms. The first-order valence-corrected chi connectivity index (χ1v) is 21.9. The minimum Gasteiger partial charge on any atom is -0.416 e. The third kappa shape index (κ3) is 14.6. The van der Waals surface area contributed by atoms with Crippen LogP contribution in [0.25, 0.3) is 0 Å². The zero-order valence-electron chi connectivity index (χ0n) is 31.8. The van der Waals surface area contributed by atoms with Gasteiger partial charge in [0.1, 0.15) is 6.10 Å². The molecule has 0 unspecified atom stereocenters. The first-order chi connectivity index (χ1) is 22.9. The number of nitrogens with one attached hydrogen (secondary N) is 1. The lowest BCUT2D eigenvalue weighted by atomic mass is 9.93. The fourth-order valence-electron chi connectivity index (χ4n) is 6.08. The molecule has 0 saturated carbocycles. The molecule has 4 atom stereocenters. The maximum absolute atomic E-state index is 6.88. The summed E-state index contributed by atoms with van der Waals surface area (Å²) in [5, 5.41) is 3.94. The molecular weight excluding hydrogens is 611 g/mol. The van der Waals surface area contributed by atoms with Crippen LogP contribution in [0.2, 0.25) is 18.1 Å². The SMILES string of the molecule is CCCCCCCCCCC/C=C\[C@H](CO[Si](C)(C)C(C)(C)C)[C@@H]1OC(C)(C)O[C@H]1[C@H](COCc1ccccc1)NCc1ccccc1. The molecule has 3 rings (SSSR count). The summed E-state index contributed by atoms with van der Waals surface area (Å²) < 4.78 is 26.8. The van der Waals surface area contributed by atoms with Crippen molar-refractivity contribution < 1.29 is 18.6 Å². The number of benzene rings is 2. The zero-order chi connectivity index (χ0) is 34.9. The van der Waals surface area contributed by atoms with Gasteiger partial charge < -0.3 is 24.0 Å². The molecule has 1 heterocycles. The van der Waals surface area contributed by atoms with Gasteiger partial charge in [-0.2, -0.15) is 0 Å². The van der Waals surface area contributed by atoms with Gasteiger partial charge in [-0.15, -0.1) is 0 Å². The van der Waals surface area contributed by atoms with E-state index in [0.717, 1.165) is 13.0 Å². The summed E-state index contributed by atoms with van der Waals surface area (Å²) in [6.45, 7) is 20.4. The standard InChI is InChI=1S/C42H69NO4Si/c1-9-10-11-12-13-14-15-16-17-18-25-30-37(33-45-48(7,8)41(2,3)4)39-40(47-42(5,6)46-39)38(43-31-35-26-21-19-22-27-35)34-44-32-36-28-23-20-24-29-36/h19-30,37-40,43H,9-18,31-34H2,1-8H3/b30-25-/t37-,38+,39+,40+/m1/s1. The molecule has 1 N–H and O–H groups in total. The highest BCUT2D eigenvalue weighted by Crippen LogP contribution is 2.39. The van der Waals surface area contributed by atoms with Crippen LogP contribution in [0.5, 0.6) is 0 Å². The monoisotopic (exact) mass is 679 g/mol. The average molecular weight is 680 g/mol. The van der Waals surface area contributed by atoms with Crippen LogP contribution < -0.4 is 5.32 Å². The van der Waals surface area contributed by atoms with Gasteiger partial charge in [-0.1, -0.05) is 152 Å². The second kappa shape index (κ2) is 20.8. The Morgan fingerprint density at radius 3 is 1.96 bits per heavy atom. The van der Waals surface area contributed by atoms with Gasteiger partial charge in [0.15, 0.2) is 14.1 Å². The molecule has 48 heavy (non-hydrogen) atoms. The molecular formula is C42H69NO4Si. The lowest BCUT2D eigenvalue weighted by Crippen LogP contribution is -2.51. The molecule has 0 aliphatic carbocycles. The van der Waals surface area contributed by atoms with Crippen molar-refractivity contribution in [2.24, 2.45) is 5.92 Å². The molecule has 1 aliphatic heterocycles. The highest BCUT2D eigenvalue weighted by molar-refractivity contribution is 6.74. The lowest BCUT2D eigenvalue weighted by molar-refractivity contribution is -0.153. The average Bonchev–Trinajstić information content (AvgIpc) is 3.38. The van der Waals surface area contributed by atoms with E-state index in [1.165, 1.54) is 68.9 Å². The second-order valence-electron chi connectivity index (χ2n) is 15.8. The van der Waals surface area contributed by atoms with E-state index in [0.29, 0.717) is 19.8 Å². The Morgan fingerprint density at radius 2 is 1.35 bits per heavy atom. The Kier molecular flexibility index (Phi) is 17.6. The Balaban J connectivity index is 1.74. The van der Waals surface area contributed by atoms with E-state index >= 15 is 0 Å². The number of ether oxygens (including phenoxy) is 3. The topological polar surface area (TPSA) is 49.0 Å². The summed E-state index contributed by atoms with van der Waals surface area (Å²) in [4.78, 5) is 0. The summed E-state index contributed by atoms with van der Waals surface area (Å²) >= 11 is 0. The molecule has 0 radical (unpaired) electrons. The van der Waals surface area contributed by atoms with Crippen LogP contribution >= 0.6 is 0 Å². The highest BCUT2D eigenvalue weighted by Gasteiger charge is 2.48. The van der Waals surface area contributed by atoms with Crippen LogP contribution in [0.1, 0.15) is 117 Å². The largest absolute Gasteiger partial charge is 0.416 e. The van der Waals surface area contributed by atoms with Crippen LogP contribution in [-0.2, 0) is 31.8 Å². The van der Waals surface area contributed by atoms with Crippen molar-refractivity contribution in [2.45, 2.75) is 161 Å². The molecule has 2 aromatic carbocycles. The van der Waals surface area contributed by atoms with Gasteiger partial charge in [-0.25, -0.2) is 0 Å². The quantitative estimate of drug-likeness (QED) is 0.0720. The molecule has 0 bridgehead atoms. The molecule has 5 nitrogen and oxygen atoms in total. The maximum atomic E-state index is 6.88. The van der Waals surface area contributed by atoms with Crippen molar-refractivity contribution >= 4 is 8.32 Å². The van der Waals surface area contributed by atoms with Gasteiger partial charge >= 0.3 is 0 Å². The maximum Gasteiger partial charge on any atom is 0.192 e. The smallest absolute Gasteiger partial charge is 0.192 e. The van der Waals surface area contributed by atoms with Crippen molar-refractivity contribution in [3.05, 3.63) is 83.9 Å². The third-order valence-corrected chi connectivity index (χ3v) is 14.6. The fourth-order valence-corrected chi connectivity index (χ4v) is 7.12. The second-order valence-corrected chi connectivity index (χ2v) is 20.6. The number of hydrogen-bond donors (Lipinski definition) is 1. The summed E-state index contributed by atoms with van der Waals surface area (Å²) in [6.07, 6.45) is 17.6. The Labute approximate surface area is 295 Å². The Bertz CT molecular complexity index is 1150. The zero-order valence-corrected chi connectivity index (χ0v) is 32.8. The molecule has 0 aromatic heterocycles. The van der Waals surface area contributed by atoms with Crippen LogP contribution in [0.15, 0.2) is 72.8 Å². The molecule has 0 amide bonds. The minimum atomic E-state index is -1.97. The van der Waals surface area contributed by atoms with Crippen LogP contribution in [-0.4, -0.2) is 45.6 Å². The van der Waals surface area contributed by atoms with Crippen molar-refractivity contribution in [3.8, 4) is 0 Å². The number of rotatable bonds is 23. The molecule has 1 fully saturated rings. The molecule has 270 valence electrons. The molecule has 0 spiro atoms. The van der Waals surface area contributed by atoms with Crippen molar-refractivity contribution in [1.82, 2.24) is 5.32 Å². The first kappa shape index (κ1) is 40.6. The summed E-state index contributed by atoms with van der Waals surface area (Å²) in [6, 6.07) is 20.9. The lowest BCUT2D eigenvalue weighted by Gasteiger charge is -2.38. The van der Waals surface area contributed by atoms with Crippen LogP contribution in [0.4, 0.5) is 0 Å². The van der Waals surface area contributed by atoms with Gasteiger partial charge in [-0.05, 0) is 55.9 Å². The minimum absolute atomic E-state index is 0.0678. The van der Waals surface area contributed by atoms with Crippen molar-refractivity contribution in [3.63, 3.8) is 0 Å². The fraction of sp³-hybridized carbons (Fsp3) is 0.667. The van der Waals surface area contributed by atoms with Crippen molar-refractivity contribution in [2.75, 3.05) is 13.2 Å². The van der Waals surface area contributed by atoms with E-state index in [2.05, 4.69) is 113 Å². The van der Waals surface area contributed by atoms with E-state index in [4.69, 9.17) is 18.6 Å². The van der Waals surface area contributed by atoms with Gasteiger partial charge in [0.05, 0.1) is 25.4 Å². The van der Waals surface area contributed by atoms with E-state index in [1.54, 1.807) is 0 Å². The normalized spacial score (nSPS) is 19.6. The van der Waals surface area contributed by atoms with Crippen LogP contribution in [0, 0.1) is 5.92 Å². The Morgan fingerprint density at radius 1 is 0.792 bits per heavy atom. The van der Waals surface area contributed by atoms with Gasteiger partial charge in [-0.3, -0.25) is 0 Å². The predicted octanol–water partition coefficient (Wildman–Crippen LogP) is 11.0. The number of unbranched alkanes of at least 4 members (excludes halogenated alkanes) is 9.